The van der Waals surface area contributed by atoms with Crippen molar-refractivity contribution in [1.82, 2.24) is 9.97 Å². The predicted molar refractivity (Wildman–Crippen MR) is 64.5 cm³/mol. The molecule has 1 heterocycles. The van der Waals surface area contributed by atoms with Crippen LogP contribution in [0.2, 0.25) is 0 Å². The van der Waals surface area contributed by atoms with Gasteiger partial charge in [0.25, 0.3) is 0 Å². The molecule has 1 aromatic heterocycles. The molecule has 0 saturated heterocycles. The second-order valence-electron chi connectivity index (χ2n) is 3.53. The van der Waals surface area contributed by atoms with Gasteiger partial charge in [-0.05, 0) is 12.5 Å². The Labute approximate surface area is 103 Å². The lowest BCUT2D eigenvalue weighted by Crippen LogP contribution is -2.33. The molecular formula is C12H11N2O2S-. The highest BCUT2D eigenvalue weighted by atomic mass is 32.2. The molecule has 1 aromatic carbocycles. The van der Waals surface area contributed by atoms with Gasteiger partial charge in [-0.3, -0.25) is 0 Å². The fourth-order valence-corrected chi connectivity index (χ4v) is 2.45. The number of hydrogen-bond acceptors (Lipinski definition) is 5. The maximum Gasteiger partial charge on any atom is 0.117 e. The van der Waals surface area contributed by atoms with Crippen LogP contribution in [0.5, 0.6) is 0 Å². The zero-order valence-corrected chi connectivity index (χ0v) is 10.1. The van der Waals surface area contributed by atoms with Crippen molar-refractivity contribution < 1.29 is 9.90 Å². The van der Waals surface area contributed by atoms with Gasteiger partial charge in [0.05, 0.1) is 16.7 Å². The van der Waals surface area contributed by atoms with E-state index in [1.807, 2.05) is 31.2 Å². The van der Waals surface area contributed by atoms with Gasteiger partial charge in [-0.25, -0.2) is 9.97 Å². The number of rotatable bonds is 4. The number of aromatic nitrogens is 2. The number of aliphatic carboxylic acids is 1. The lowest BCUT2D eigenvalue weighted by molar-refractivity contribution is -0.304. The summed E-state index contributed by atoms with van der Waals surface area (Å²) >= 11 is 1.21. The minimum atomic E-state index is -1.06. The Balaban J connectivity index is 2.38. The molecule has 0 N–H and O–H groups in total. The average molecular weight is 247 g/mol. The van der Waals surface area contributed by atoms with Gasteiger partial charge in [0, 0.05) is 5.39 Å². The molecular weight excluding hydrogens is 236 g/mol. The van der Waals surface area contributed by atoms with Gasteiger partial charge >= 0.3 is 0 Å². The molecule has 0 saturated carbocycles. The molecule has 2 rings (SSSR count). The second-order valence-corrected chi connectivity index (χ2v) is 4.72. The van der Waals surface area contributed by atoms with E-state index in [0.717, 1.165) is 10.9 Å². The molecule has 0 radical (unpaired) electrons. The molecule has 0 spiro atoms. The van der Waals surface area contributed by atoms with E-state index in [9.17, 15) is 9.90 Å². The van der Waals surface area contributed by atoms with Crippen molar-refractivity contribution in [2.45, 2.75) is 23.6 Å². The number of nitrogens with zero attached hydrogens (tertiary/aromatic N) is 2. The summed E-state index contributed by atoms with van der Waals surface area (Å²) in [6.45, 7) is 1.82. The number of thioether (sulfide) groups is 1. The number of benzene rings is 1. The molecule has 0 aliphatic rings. The minimum absolute atomic E-state index is 0.505. The number of carboxylic acid groups (broad SMARTS) is 1. The number of carbonyl (C=O) groups excluding carboxylic acids is 1. The van der Waals surface area contributed by atoms with E-state index in [1.165, 1.54) is 18.1 Å². The number of para-hydroxylation sites is 1. The third kappa shape index (κ3) is 2.55. The molecule has 0 amide bonds. The Morgan fingerprint density at radius 2 is 2.18 bits per heavy atom. The summed E-state index contributed by atoms with van der Waals surface area (Å²) in [6.07, 6.45) is 1.96. The van der Waals surface area contributed by atoms with Gasteiger partial charge in [0.2, 0.25) is 0 Å². The zero-order chi connectivity index (χ0) is 12.3. The minimum Gasteiger partial charge on any atom is -0.549 e. The maximum absolute atomic E-state index is 10.9. The van der Waals surface area contributed by atoms with E-state index < -0.39 is 11.2 Å². The zero-order valence-electron chi connectivity index (χ0n) is 9.29. The third-order valence-corrected chi connectivity index (χ3v) is 3.75. The lowest BCUT2D eigenvalue weighted by atomic mass is 10.2. The molecule has 0 fully saturated rings. The van der Waals surface area contributed by atoms with Crippen molar-refractivity contribution in [1.29, 1.82) is 0 Å². The van der Waals surface area contributed by atoms with Crippen molar-refractivity contribution in [3.8, 4) is 0 Å². The first kappa shape index (κ1) is 11.9. The number of carboxylic acids is 1. The first-order valence-electron chi connectivity index (χ1n) is 5.29. The van der Waals surface area contributed by atoms with Crippen LogP contribution >= 0.6 is 11.8 Å². The van der Waals surface area contributed by atoms with Gasteiger partial charge < -0.3 is 9.90 Å². The van der Waals surface area contributed by atoms with Gasteiger partial charge in [-0.2, -0.15) is 0 Å². The van der Waals surface area contributed by atoms with Crippen LogP contribution in [0.4, 0.5) is 0 Å². The van der Waals surface area contributed by atoms with Crippen molar-refractivity contribution in [3.05, 3.63) is 30.6 Å². The number of fused-ring (bicyclic) bond motifs is 1. The van der Waals surface area contributed by atoms with Crippen LogP contribution in [-0.4, -0.2) is 21.2 Å². The molecule has 1 atom stereocenters. The molecule has 5 heteroatoms. The SMILES string of the molecule is CC[C@H](Sc1ncnc2ccccc12)C(=O)[O-]. The summed E-state index contributed by atoms with van der Waals surface area (Å²) in [5.74, 6) is -1.06. The van der Waals surface area contributed by atoms with Crippen molar-refractivity contribution in [2.75, 3.05) is 0 Å². The van der Waals surface area contributed by atoms with E-state index in [4.69, 9.17) is 0 Å². The summed E-state index contributed by atoms with van der Waals surface area (Å²) in [5, 5.41) is 11.9. The monoisotopic (exact) mass is 247 g/mol. The molecule has 88 valence electrons. The van der Waals surface area contributed by atoms with E-state index in [-0.39, 0.29) is 0 Å². The Bertz CT molecular complexity index is 540. The van der Waals surface area contributed by atoms with Crippen LogP contribution in [0.15, 0.2) is 35.6 Å². The summed E-state index contributed by atoms with van der Waals surface area (Å²) < 4.78 is 0. The van der Waals surface area contributed by atoms with E-state index in [2.05, 4.69) is 9.97 Å². The Morgan fingerprint density at radius 3 is 2.88 bits per heavy atom. The van der Waals surface area contributed by atoms with E-state index >= 15 is 0 Å². The van der Waals surface area contributed by atoms with E-state index in [1.54, 1.807) is 0 Å². The van der Waals surface area contributed by atoms with Gasteiger partial charge in [-0.1, -0.05) is 36.9 Å². The van der Waals surface area contributed by atoms with Gasteiger partial charge in [0.1, 0.15) is 11.4 Å². The standard InChI is InChI=1S/C12H12N2O2S/c1-2-10(12(15)16)17-11-8-5-3-4-6-9(8)13-7-14-11/h3-7,10H,2H2,1H3,(H,15,16)/p-1/t10-/m0/s1. The molecule has 0 bridgehead atoms. The number of carbonyl (C=O) groups is 1. The van der Waals surface area contributed by atoms with Crippen LogP contribution in [-0.2, 0) is 4.79 Å². The molecule has 17 heavy (non-hydrogen) atoms. The van der Waals surface area contributed by atoms with Crippen LogP contribution in [0.3, 0.4) is 0 Å². The van der Waals surface area contributed by atoms with Crippen LogP contribution < -0.4 is 5.11 Å². The number of hydrogen-bond donors (Lipinski definition) is 0. The Kier molecular flexibility index (Phi) is 3.58. The Hall–Kier alpha value is -1.62. The highest BCUT2D eigenvalue weighted by Crippen LogP contribution is 2.28. The smallest absolute Gasteiger partial charge is 0.117 e. The van der Waals surface area contributed by atoms with Crippen LogP contribution in [0.1, 0.15) is 13.3 Å². The van der Waals surface area contributed by atoms with E-state index in [0.29, 0.717) is 11.4 Å². The normalized spacial score (nSPS) is 12.5. The molecule has 0 unspecified atom stereocenters. The summed E-state index contributed by atoms with van der Waals surface area (Å²) in [6, 6.07) is 7.54. The summed E-state index contributed by atoms with van der Waals surface area (Å²) in [4.78, 5) is 19.2. The molecule has 2 aromatic rings. The van der Waals surface area contributed by atoms with Crippen molar-refractivity contribution in [3.63, 3.8) is 0 Å². The highest BCUT2D eigenvalue weighted by molar-refractivity contribution is 8.00. The first-order valence-corrected chi connectivity index (χ1v) is 6.17. The van der Waals surface area contributed by atoms with Gasteiger partial charge in [0.15, 0.2) is 0 Å². The maximum atomic E-state index is 10.9. The molecule has 4 nitrogen and oxygen atoms in total. The van der Waals surface area contributed by atoms with Crippen LogP contribution in [0.25, 0.3) is 10.9 Å². The second kappa shape index (κ2) is 5.14. The summed E-state index contributed by atoms with van der Waals surface area (Å²) in [7, 11) is 0. The Morgan fingerprint density at radius 1 is 1.41 bits per heavy atom. The molecule has 0 aliphatic heterocycles. The van der Waals surface area contributed by atoms with Crippen molar-refractivity contribution >= 4 is 28.6 Å². The van der Waals surface area contributed by atoms with Crippen LogP contribution in [0, 0.1) is 0 Å². The first-order chi connectivity index (χ1) is 8.22. The highest BCUT2D eigenvalue weighted by Gasteiger charge is 2.12. The lowest BCUT2D eigenvalue weighted by Gasteiger charge is -2.15. The molecule has 0 aliphatic carbocycles. The average Bonchev–Trinajstić information content (AvgIpc) is 2.35. The quantitative estimate of drug-likeness (QED) is 0.601. The fourth-order valence-electron chi connectivity index (χ4n) is 1.51. The van der Waals surface area contributed by atoms with Crippen molar-refractivity contribution in [2.24, 2.45) is 0 Å². The predicted octanol–water partition coefficient (Wildman–Crippen LogP) is 1.25. The largest absolute Gasteiger partial charge is 0.549 e. The summed E-state index contributed by atoms with van der Waals surface area (Å²) in [5.41, 5.74) is 0.818. The fraction of sp³-hybridized carbons (Fsp3) is 0.250. The topological polar surface area (TPSA) is 65.9 Å². The third-order valence-electron chi connectivity index (χ3n) is 2.39. The van der Waals surface area contributed by atoms with Gasteiger partial charge in [-0.15, -0.1) is 0 Å².